The Labute approximate surface area is 132 Å². The zero-order chi connectivity index (χ0) is 17.0. The fraction of sp³-hybridized carbons (Fsp3) is 0.867. The van der Waals surface area contributed by atoms with Crippen LogP contribution < -0.4 is 16.4 Å². The number of nitrogens with one attached hydrogen (secondary N) is 2. The van der Waals surface area contributed by atoms with Crippen LogP contribution in [0.2, 0.25) is 0 Å². The summed E-state index contributed by atoms with van der Waals surface area (Å²) < 4.78 is 5.27. The molecule has 1 rings (SSSR count). The molecule has 1 saturated heterocycles. The van der Waals surface area contributed by atoms with Crippen LogP contribution in [0.1, 0.15) is 47.5 Å². The summed E-state index contributed by atoms with van der Waals surface area (Å²) in [6, 6.07) is -0.0271. The number of amides is 3. The first-order valence-electron chi connectivity index (χ1n) is 7.77. The number of carbonyl (C=O) groups excluding carboxylic acids is 2. The van der Waals surface area contributed by atoms with Gasteiger partial charge in [0, 0.05) is 25.7 Å². The molecular formula is C15H30N4O3. The Balaban J connectivity index is 2.34. The third-order valence-electron chi connectivity index (χ3n) is 3.48. The van der Waals surface area contributed by atoms with E-state index in [4.69, 9.17) is 10.5 Å². The fourth-order valence-electron chi connectivity index (χ4n) is 2.33. The molecule has 0 saturated carbocycles. The monoisotopic (exact) mass is 314 g/mol. The molecule has 22 heavy (non-hydrogen) atoms. The maximum Gasteiger partial charge on any atom is 0.408 e. The van der Waals surface area contributed by atoms with Crippen LogP contribution in [0.5, 0.6) is 0 Å². The lowest BCUT2D eigenvalue weighted by Gasteiger charge is -2.34. The van der Waals surface area contributed by atoms with E-state index in [0.717, 1.165) is 12.8 Å². The lowest BCUT2D eigenvalue weighted by molar-refractivity contribution is 0.0469. The molecule has 0 spiro atoms. The lowest BCUT2D eigenvalue weighted by Crippen LogP contribution is -2.55. The third kappa shape index (κ3) is 6.98. The molecule has 0 bridgehead atoms. The minimum atomic E-state index is -0.505. The minimum absolute atomic E-state index is 0.329. The van der Waals surface area contributed by atoms with Crippen LogP contribution in [0, 0.1) is 0 Å². The minimum Gasteiger partial charge on any atom is -0.444 e. The van der Waals surface area contributed by atoms with Crippen molar-refractivity contribution in [2.45, 2.75) is 64.6 Å². The molecule has 1 aliphatic rings. The number of urea groups is 1. The smallest absolute Gasteiger partial charge is 0.408 e. The zero-order valence-corrected chi connectivity index (χ0v) is 14.4. The van der Waals surface area contributed by atoms with Crippen molar-refractivity contribution >= 4 is 12.1 Å². The van der Waals surface area contributed by atoms with Crippen LogP contribution in [0.3, 0.4) is 0 Å². The molecule has 1 fully saturated rings. The van der Waals surface area contributed by atoms with Crippen molar-refractivity contribution in [1.29, 1.82) is 0 Å². The first-order valence-corrected chi connectivity index (χ1v) is 7.77. The van der Waals surface area contributed by atoms with Gasteiger partial charge in [-0.15, -0.1) is 0 Å². The summed E-state index contributed by atoms with van der Waals surface area (Å²) in [6.07, 6.45) is 1.32. The molecule has 1 heterocycles. The maximum atomic E-state index is 11.8. The predicted molar refractivity (Wildman–Crippen MR) is 85.6 cm³/mol. The summed E-state index contributed by atoms with van der Waals surface area (Å²) in [7, 11) is 0. The van der Waals surface area contributed by atoms with Crippen molar-refractivity contribution in [2.24, 2.45) is 5.73 Å². The van der Waals surface area contributed by atoms with Crippen LogP contribution in [0.4, 0.5) is 9.59 Å². The second-order valence-corrected chi connectivity index (χ2v) is 7.49. The highest BCUT2D eigenvalue weighted by Crippen LogP contribution is 2.12. The average Bonchev–Trinajstić information content (AvgIpc) is 2.33. The predicted octanol–water partition coefficient (Wildman–Crippen LogP) is 1.42. The Kier molecular flexibility index (Phi) is 6.05. The summed E-state index contributed by atoms with van der Waals surface area (Å²) in [6.45, 7) is 11.4. The Morgan fingerprint density at radius 2 is 1.73 bits per heavy atom. The second kappa shape index (κ2) is 7.17. The molecule has 0 aliphatic carbocycles. The van der Waals surface area contributed by atoms with E-state index < -0.39 is 17.2 Å². The number of primary amides is 1. The Morgan fingerprint density at radius 1 is 1.18 bits per heavy atom. The normalized spacial score (nSPS) is 17.2. The molecule has 0 unspecified atom stereocenters. The van der Waals surface area contributed by atoms with E-state index in [1.165, 1.54) is 0 Å². The van der Waals surface area contributed by atoms with E-state index in [1.807, 2.05) is 34.6 Å². The van der Waals surface area contributed by atoms with Crippen LogP contribution >= 0.6 is 0 Å². The molecule has 0 radical (unpaired) electrons. The third-order valence-corrected chi connectivity index (χ3v) is 3.48. The van der Waals surface area contributed by atoms with Gasteiger partial charge in [-0.2, -0.15) is 0 Å². The van der Waals surface area contributed by atoms with Gasteiger partial charge < -0.3 is 26.0 Å². The molecule has 0 aromatic carbocycles. The number of likely N-dealkylation sites (tertiary alicyclic amines) is 1. The molecule has 0 aromatic heterocycles. The number of hydrogen-bond donors (Lipinski definition) is 3. The number of hydrogen-bond acceptors (Lipinski definition) is 4. The zero-order valence-electron chi connectivity index (χ0n) is 14.4. The molecule has 0 aromatic rings. The molecular weight excluding hydrogens is 284 g/mol. The van der Waals surface area contributed by atoms with Crippen LogP contribution in [-0.4, -0.2) is 53.8 Å². The van der Waals surface area contributed by atoms with Gasteiger partial charge in [0.05, 0.1) is 5.54 Å². The van der Waals surface area contributed by atoms with E-state index in [9.17, 15) is 9.59 Å². The molecule has 1 aliphatic heterocycles. The van der Waals surface area contributed by atoms with Gasteiger partial charge in [-0.3, -0.25) is 0 Å². The van der Waals surface area contributed by atoms with Gasteiger partial charge in [0.25, 0.3) is 0 Å². The summed E-state index contributed by atoms with van der Waals surface area (Å²) >= 11 is 0. The van der Waals surface area contributed by atoms with Crippen molar-refractivity contribution < 1.29 is 14.3 Å². The van der Waals surface area contributed by atoms with Gasteiger partial charge in [0.2, 0.25) is 0 Å². The highest BCUT2D eigenvalue weighted by atomic mass is 16.6. The maximum absolute atomic E-state index is 11.8. The standard InChI is InChI=1S/C15H30N4O3/c1-14(2,3)22-13(21)18-15(4,5)10-17-11-6-8-19(9-7-11)12(16)20/h11,17H,6-10H2,1-5H3,(H2,16,20)(H,18,21). The quantitative estimate of drug-likeness (QED) is 0.731. The summed E-state index contributed by atoms with van der Waals surface area (Å²) in [4.78, 5) is 24.6. The van der Waals surface area contributed by atoms with E-state index in [0.29, 0.717) is 25.7 Å². The molecule has 3 amide bonds. The van der Waals surface area contributed by atoms with Gasteiger partial charge in [-0.1, -0.05) is 0 Å². The summed E-state index contributed by atoms with van der Waals surface area (Å²) in [5.74, 6) is 0. The van der Waals surface area contributed by atoms with E-state index >= 15 is 0 Å². The molecule has 0 atom stereocenters. The van der Waals surface area contributed by atoms with E-state index in [2.05, 4.69) is 10.6 Å². The lowest BCUT2D eigenvalue weighted by atomic mass is 10.0. The second-order valence-electron chi connectivity index (χ2n) is 7.49. The van der Waals surface area contributed by atoms with Gasteiger partial charge >= 0.3 is 12.1 Å². The number of piperidine rings is 1. The first kappa shape index (κ1) is 18.5. The number of carbonyl (C=O) groups is 2. The molecule has 4 N–H and O–H groups in total. The highest BCUT2D eigenvalue weighted by Gasteiger charge is 2.27. The first-order chi connectivity index (χ1) is 9.98. The van der Waals surface area contributed by atoms with E-state index in [-0.39, 0.29) is 6.03 Å². The van der Waals surface area contributed by atoms with Crippen molar-refractivity contribution in [3.63, 3.8) is 0 Å². The van der Waals surface area contributed by atoms with Crippen molar-refractivity contribution in [2.75, 3.05) is 19.6 Å². The molecule has 7 nitrogen and oxygen atoms in total. The van der Waals surface area contributed by atoms with Crippen LogP contribution in [0.15, 0.2) is 0 Å². The summed E-state index contributed by atoms with van der Waals surface area (Å²) in [5.41, 5.74) is 4.35. The van der Waals surface area contributed by atoms with Crippen molar-refractivity contribution in [1.82, 2.24) is 15.5 Å². The SMILES string of the molecule is CC(C)(CNC1CCN(C(N)=O)CC1)NC(=O)OC(C)(C)C. The van der Waals surface area contributed by atoms with Gasteiger partial charge in [0.1, 0.15) is 5.60 Å². The van der Waals surface area contributed by atoms with Crippen LogP contribution in [0.25, 0.3) is 0 Å². The number of nitrogens with two attached hydrogens (primary N) is 1. The van der Waals surface area contributed by atoms with E-state index in [1.54, 1.807) is 4.90 Å². The van der Waals surface area contributed by atoms with Crippen LogP contribution in [-0.2, 0) is 4.74 Å². The van der Waals surface area contributed by atoms with Gasteiger partial charge in [0.15, 0.2) is 0 Å². The largest absolute Gasteiger partial charge is 0.444 e. The Morgan fingerprint density at radius 3 is 2.18 bits per heavy atom. The summed E-state index contributed by atoms with van der Waals surface area (Å²) in [5, 5.41) is 6.31. The fourth-order valence-corrected chi connectivity index (χ4v) is 2.33. The molecule has 7 heteroatoms. The Hall–Kier alpha value is -1.50. The number of alkyl carbamates (subject to hydrolysis) is 1. The average molecular weight is 314 g/mol. The molecule has 128 valence electrons. The van der Waals surface area contributed by atoms with Crippen molar-refractivity contribution in [3.8, 4) is 0 Å². The number of rotatable bonds is 4. The Bertz CT molecular complexity index is 396. The van der Waals surface area contributed by atoms with Gasteiger partial charge in [-0.05, 0) is 47.5 Å². The van der Waals surface area contributed by atoms with Crippen molar-refractivity contribution in [3.05, 3.63) is 0 Å². The van der Waals surface area contributed by atoms with Gasteiger partial charge in [-0.25, -0.2) is 9.59 Å². The highest BCUT2D eigenvalue weighted by molar-refractivity contribution is 5.72. The number of nitrogens with zero attached hydrogens (tertiary/aromatic N) is 1. The topological polar surface area (TPSA) is 96.7 Å². The number of ether oxygens (including phenoxy) is 1.